The molecule has 0 unspecified atom stereocenters. The van der Waals surface area contributed by atoms with Crippen molar-refractivity contribution in [3.05, 3.63) is 0 Å². The largest absolute Gasteiger partial charge is 0.469 e. The maximum atomic E-state index is 12.5. The van der Waals surface area contributed by atoms with Gasteiger partial charge in [-0.25, -0.2) is 0 Å². The predicted octanol–water partition coefficient (Wildman–Crippen LogP) is 5.68. The normalized spacial score (nSPS) is 14.8. The molecule has 0 aromatic rings. The van der Waals surface area contributed by atoms with Gasteiger partial charge in [-0.3, -0.25) is 14.4 Å². The summed E-state index contributed by atoms with van der Waals surface area (Å²) in [5.74, 6) is -0.434. The van der Waals surface area contributed by atoms with E-state index >= 15 is 0 Å². The Kier molecular flexibility index (Phi) is 14.5. The maximum absolute atomic E-state index is 12.5. The quantitative estimate of drug-likeness (QED) is 0.137. The van der Waals surface area contributed by atoms with Crippen molar-refractivity contribution in [2.75, 3.05) is 33.9 Å². The van der Waals surface area contributed by atoms with Crippen LogP contribution in [0, 0.1) is 10.8 Å². The summed E-state index contributed by atoms with van der Waals surface area (Å²) in [5, 5.41) is 0. The van der Waals surface area contributed by atoms with Gasteiger partial charge in [0.15, 0.2) is 0 Å². The lowest BCUT2D eigenvalue weighted by atomic mass is 9.86. The van der Waals surface area contributed by atoms with Gasteiger partial charge >= 0.3 is 17.9 Å². The van der Waals surface area contributed by atoms with Gasteiger partial charge in [0.1, 0.15) is 6.10 Å². The molecule has 35 heavy (non-hydrogen) atoms. The highest BCUT2D eigenvalue weighted by Crippen LogP contribution is 2.27. The van der Waals surface area contributed by atoms with E-state index in [1.165, 1.54) is 27.1 Å². The number of methoxy groups -OCH3 is 2. The molecule has 1 aliphatic heterocycles. The smallest absolute Gasteiger partial charge is 0.311 e. The molecule has 0 aromatic carbocycles. The van der Waals surface area contributed by atoms with Gasteiger partial charge in [-0.15, -0.1) is 0 Å². The topological polar surface area (TPSA) is 82.1 Å². The van der Waals surface area contributed by atoms with Crippen LogP contribution in [0.5, 0.6) is 0 Å². The van der Waals surface area contributed by atoms with Gasteiger partial charge in [0.25, 0.3) is 0 Å². The number of likely N-dealkylation sites (tertiary alicyclic amines) is 1. The Balaban J connectivity index is 2.43. The van der Waals surface area contributed by atoms with E-state index in [1.54, 1.807) is 0 Å². The number of hydrogen-bond acceptors (Lipinski definition) is 7. The van der Waals surface area contributed by atoms with Gasteiger partial charge in [0.05, 0.1) is 31.5 Å². The molecule has 0 spiro atoms. The van der Waals surface area contributed by atoms with E-state index in [4.69, 9.17) is 14.2 Å². The summed E-state index contributed by atoms with van der Waals surface area (Å²) in [6.45, 7) is 10.6. The molecule has 0 saturated carbocycles. The Bertz CT molecular complexity index is 601. The fraction of sp³-hybridized carbons (Fsp3) is 0.893. The van der Waals surface area contributed by atoms with E-state index in [2.05, 4.69) is 4.90 Å². The third kappa shape index (κ3) is 12.8. The number of ether oxygens (including phenoxy) is 3. The Hall–Kier alpha value is -1.63. The van der Waals surface area contributed by atoms with Gasteiger partial charge in [-0.05, 0) is 92.2 Å². The Morgan fingerprint density at radius 2 is 1.20 bits per heavy atom. The Morgan fingerprint density at radius 1 is 0.743 bits per heavy atom. The van der Waals surface area contributed by atoms with Crippen LogP contribution in [0.2, 0.25) is 0 Å². The zero-order chi connectivity index (χ0) is 26.3. The molecule has 204 valence electrons. The van der Waals surface area contributed by atoms with Gasteiger partial charge in [0.2, 0.25) is 0 Å². The van der Waals surface area contributed by atoms with Crippen LogP contribution in [-0.2, 0) is 28.6 Å². The van der Waals surface area contributed by atoms with Crippen molar-refractivity contribution in [1.82, 2.24) is 4.90 Å². The summed E-state index contributed by atoms with van der Waals surface area (Å²) >= 11 is 0. The predicted molar refractivity (Wildman–Crippen MR) is 138 cm³/mol. The summed E-state index contributed by atoms with van der Waals surface area (Å²) in [5.41, 5.74) is -0.928. The summed E-state index contributed by atoms with van der Waals surface area (Å²) < 4.78 is 15.7. The number of esters is 3. The fourth-order valence-electron chi connectivity index (χ4n) is 4.75. The van der Waals surface area contributed by atoms with E-state index in [9.17, 15) is 14.4 Å². The first kappa shape index (κ1) is 31.4. The zero-order valence-corrected chi connectivity index (χ0v) is 23.3. The van der Waals surface area contributed by atoms with Gasteiger partial charge < -0.3 is 19.1 Å². The molecule has 1 rings (SSSR count). The van der Waals surface area contributed by atoms with Crippen LogP contribution in [0.1, 0.15) is 111 Å². The molecule has 0 radical (unpaired) electrons. The highest BCUT2D eigenvalue weighted by atomic mass is 16.5. The van der Waals surface area contributed by atoms with Crippen molar-refractivity contribution >= 4 is 17.9 Å². The molecule has 7 heteroatoms. The maximum Gasteiger partial charge on any atom is 0.311 e. The fourth-order valence-corrected chi connectivity index (χ4v) is 4.75. The van der Waals surface area contributed by atoms with E-state index < -0.39 is 10.8 Å². The SMILES string of the molecule is COC(=O)C(C)(C)CCCCCC(CCCCCC(C)(C)C(=O)OC)OC(=O)CCN1CCCC1. The van der Waals surface area contributed by atoms with Crippen LogP contribution >= 0.6 is 0 Å². The molecule has 1 heterocycles. The molecule has 1 aliphatic rings. The Labute approximate surface area is 213 Å². The molecule has 1 fully saturated rings. The number of rotatable bonds is 18. The molecule has 0 amide bonds. The number of carbonyl (C=O) groups excluding carboxylic acids is 3. The van der Waals surface area contributed by atoms with Crippen molar-refractivity contribution in [3.8, 4) is 0 Å². The van der Waals surface area contributed by atoms with Crippen LogP contribution in [0.4, 0.5) is 0 Å². The lowest BCUT2D eigenvalue weighted by Gasteiger charge is -2.22. The van der Waals surface area contributed by atoms with E-state index in [-0.39, 0.29) is 24.0 Å². The number of unbranched alkanes of at least 4 members (excludes halogenated alkanes) is 4. The van der Waals surface area contributed by atoms with Crippen molar-refractivity contribution in [2.24, 2.45) is 10.8 Å². The highest BCUT2D eigenvalue weighted by Gasteiger charge is 2.28. The summed E-state index contributed by atoms with van der Waals surface area (Å²) in [4.78, 5) is 38.6. The minimum absolute atomic E-state index is 0.0664. The highest BCUT2D eigenvalue weighted by molar-refractivity contribution is 5.76. The minimum Gasteiger partial charge on any atom is -0.469 e. The number of carbonyl (C=O) groups is 3. The van der Waals surface area contributed by atoms with Crippen molar-refractivity contribution in [3.63, 3.8) is 0 Å². The standard InChI is InChI=1S/C28H51NO6/c1-27(2,25(31)33-5)18-11-7-9-15-23(35-24(30)17-22-29-20-13-14-21-29)16-10-8-12-19-28(3,4)26(32)34-6/h23H,7-22H2,1-6H3. The van der Waals surface area contributed by atoms with Gasteiger partial charge in [-0.2, -0.15) is 0 Å². The van der Waals surface area contributed by atoms with Crippen molar-refractivity contribution in [2.45, 2.75) is 117 Å². The van der Waals surface area contributed by atoms with Crippen LogP contribution in [-0.4, -0.2) is 62.8 Å². The second kappa shape index (κ2) is 16.2. The van der Waals surface area contributed by atoms with E-state index in [0.717, 1.165) is 83.8 Å². The molecule has 0 bridgehead atoms. The molecular weight excluding hydrogens is 446 g/mol. The second-order valence-corrected chi connectivity index (χ2v) is 11.4. The van der Waals surface area contributed by atoms with Gasteiger partial charge in [-0.1, -0.05) is 25.7 Å². The van der Waals surface area contributed by atoms with Gasteiger partial charge in [0, 0.05) is 6.54 Å². The summed E-state index contributed by atoms with van der Waals surface area (Å²) in [6.07, 6.45) is 11.9. The first-order chi connectivity index (χ1) is 16.5. The lowest BCUT2D eigenvalue weighted by molar-refractivity contribution is -0.152. The van der Waals surface area contributed by atoms with Crippen LogP contribution in [0.25, 0.3) is 0 Å². The first-order valence-corrected chi connectivity index (χ1v) is 13.6. The van der Waals surface area contributed by atoms with Crippen molar-refractivity contribution in [1.29, 1.82) is 0 Å². The molecular formula is C28H51NO6. The average Bonchev–Trinajstić information content (AvgIpc) is 3.34. The van der Waals surface area contributed by atoms with Crippen LogP contribution < -0.4 is 0 Å². The molecule has 7 nitrogen and oxygen atoms in total. The number of hydrogen-bond donors (Lipinski definition) is 0. The minimum atomic E-state index is -0.464. The zero-order valence-electron chi connectivity index (χ0n) is 23.3. The number of nitrogens with zero attached hydrogens (tertiary/aromatic N) is 1. The van der Waals surface area contributed by atoms with E-state index in [0.29, 0.717) is 6.42 Å². The summed E-state index contributed by atoms with van der Waals surface area (Å²) in [6, 6.07) is 0. The molecule has 0 atom stereocenters. The summed E-state index contributed by atoms with van der Waals surface area (Å²) in [7, 11) is 2.87. The Morgan fingerprint density at radius 3 is 1.63 bits per heavy atom. The third-order valence-electron chi connectivity index (χ3n) is 7.26. The van der Waals surface area contributed by atoms with Crippen LogP contribution in [0.15, 0.2) is 0 Å². The molecule has 1 saturated heterocycles. The van der Waals surface area contributed by atoms with Crippen molar-refractivity contribution < 1.29 is 28.6 Å². The van der Waals surface area contributed by atoms with E-state index in [1.807, 2.05) is 27.7 Å². The average molecular weight is 498 g/mol. The third-order valence-corrected chi connectivity index (χ3v) is 7.26. The lowest BCUT2D eigenvalue weighted by Crippen LogP contribution is -2.26. The second-order valence-electron chi connectivity index (χ2n) is 11.4. The first-order valence-electron chi connectivity index (χ1n) is 13.6. The molecule has 0 aliphatic carbocycles. The molecule has 0 N–H and O–H groups in total. The molecule has 0 aromatic heterocycles. The van der Waals surface area contributed by atoms with Crippen LogP contribution in [0.3, 0.4) is 0 Å². The monoisotopic (exact) mass is 497 g/mol.